The van der Waals surface area contributed by atoms with Crippen LogP contribution in [0.25, 0.3) is 0 Å². The monoisotopic (exact) mass is 634 g/mol. The van der Waals surface area contributed by atoms with E-state index in [9.17, 15) is 28.8 Å². The maximum atomic E-state index is 13.0. The van der Waals surface area contributed by atoms with Crippen molar-refractivity contribution in [1.29, 1.82) is 0 Å². The maximum absolute atomic E-state index is 13.0. The van der Waals surface area contributed by atoms with Crippen LogP contribution < -0.4 is 10.6 Å². The van der Waals surface area contributed by atoms with Gasteiger partial charge in [0.15, 0.2) is 11.6 Å². The molecule has 2 N–H and O–H groups in total. The Labute approximate surface area is 256 Å². The number of nitrogens with one attached hydrogen (secondary N) is 2. The summed E-state index contributed by atoms with van der Waals surface area (Å²) in [6.45, 7) is 6.45. The van der Waals surface area contributed by atoms with Gasteiger partial charge in [0.1, 0.15) is 11.6 Å². The first kappa shape index (κ1) is 37.0. The fourth-order valence-electron chi connectivity index (χ4n) is 3.67. The van der Waals surface area contributed by atoms with Crippen LogP contribution in [0.2, 0.25) is 0 Å². The Kier molecular flexibility index (Phi) is 20.1. The summed E-state index contributed by atoms with van der Waals surface area (Å²) in [6, 6.07) is -1.37. The average molecular weight is 635 g/mol. The van der Waals surface area contributed by atoms with Crippen LogP contribution in [0.15, 0.2) is 0 Å². The maximum Gasteiger partial charge on any atom is 0.221 e. The van der Waals surface area contributed by atoms with Crippen LogP contribution in [0.3, 0.4) is 0 Å². The van der Waals surface area contributed by atoms with Gasteiger partial charge in [-0.2, -0.15) is 23.5 Å². The quantitative estimate of drug-likeness (QED) is 0.113. The summed E-state index contributed by atoms with van der Waals surface area (Å²) in [5, 5.41) is 6.86. The van der Waals surface area contributed by atoms with E-state index in [1.165, 1.54) is 73.8 Å². The van der Waals surface area contributed by atoms with Gasteiger partial charge in [0, 0.05) is 54.1 Å². The number of thioether (sulfide) groups is 2. The molecular formula is C28H46N2O6S4. The normalized spacial score (nSPS) is 17.8. The van der Waals surface area contributed by atoms with Gasteiger partial charge >= 0.3 is 0 Å². The number of ketones is 4. The Morgan fingerprint density at radius 2 is 1.15 bits per heavy atom. The summed E-state index contributed by atoms with van der Waals surface area (Å²) in [6.07, 6.45) is 6.47. The number of Topliss-reactive ketones (excluding diaryl/α,β-unsaturated/α-hetero) is 4. The molecule has 0 aromatic carbocycles. The van der Waals surface area contributed by atoms with E-state index in [1.807, 2.05) is 11.8 Å². The van der Waals surface area contributed by atoms with Crippen LogP contribution in [-0.4, -0.2) is 80.5 Å². The van der Waals surface area contributed by atoms with Crippen LogP contribution in [0, 0.1) is 0 Å². The Bertz CT molecular complexity index is 857. The van der Waals surface area contributed by atoms with E-state index in [1.54, 1.807) is 0 Å². The van der Waals surface area contributed by atoms with Gasteiger partial charge < -0.3 is 20.2 Å². The molecule has 1 aliphatic carbocycles. The van der Waals surface area contributed by atoms with Gasteiger partial charge in [-0.15, -0.1) is 0 Å². The third-order valence-electron chi connectivity index (χ3n) is 6.39. The van der Waals surface area contributed by atoms with E-state index in [-0.39, 0.29) is 60.6 Å². The number of hydrogen-bond donors (Lipinski definition) is 2. The molecule has 12 heteroatoms. The highest BCUT2D eigenvalue weighted by atomic mass is 33.1. The second-order valence-corrected chi connectivity index (χ2v) is 15.4. The summed E-state index contributed by atoms with van der Waals surface area (Å²) in [5.74, 6) is 1.69. The molecule has 0 aromatic heterocycles. The van der Waals surface area contributed by atoms with E-state index in [2.05, 4.69) is 29.3 Å². The summed E-state index contributed by atoms with van der Waals surface area (Å²) in [5.41, 5.74) is 0. The van der Waals surface area contributed by atoms with Crippen LogP contribution in [0.4, 0.5) is 0 Å². The van der Waals surface area contributed by atoms with E-state index < -0.39 is 12.1 Å². The van der Waals surface area contributed by atoms with Crippen molar-refractivity contribution in [2.24, 2.45) is 0 Å². The van der Waals surface area contributed by atoms with Gasteiger partial charge in [0.05, 0.1) is 12.1 Å². The molecule has 228 valence electrons. The Morgan fingerprint density at radius 3 is 1.60 bits per heavy atom. The van der Waals surface area contributed by atoms with Gasteiger partial charge in [-0.3, -0.25) is 19.2 Å². The predicted octanol–water partition coefficient (Wildman–Crippen LogP) is 4.81. The molecule has 0 saturated heterocycles. The van der Waals surface area contributed by atoms with E-state index in [0.29, 0.717) is 23.2 Å². The second kappa shape index (κ2) is 21.7. The lowest BCUT2D eigenvalue weighted by Gasteiger charge is -2.35. The SMILES string of the molecule is CCCCSC1CCC1SCCCC(=O)C(CSSCC(NC(=O)CCC(C)=O)C(C)=O)NC(=O)CCC(C)=O. The molecule has 8 nitrogen and oxygen atoms in total. The zero-order chi connectivity index (χ0) is 29.9. The zero-order valence-electron chi connectivity index (χ0n) is 24.3. The minimum atomic E-state index is -0.691. The average Bonchev–Trinajstić information content (AvgIpc) is 2.88. The van der Waals surface area contributed by atoms with Crippen molar-refractivity contribution >= 4 is 80.1 Å². The first-order chi connectivity index (χ1) is 19.0. The molecule has 0 aromatic rings. The summed E-state index contributed by atoms with van der Waals surface area (Å²) >= 11 is 4.03. The lowest BCUT2D eigenvalue weighted by molar-refractivity contribution is -0.128. The highest BCUT2D eigenvalue weighted by molar-refractivity contribution is 8.76. The van der Waals surface area contributed by atoms with Crippen LogP contribution in [0.1, 0.15) is 91.9 Å². The molecule has 4 atom stereocenters. The molecule has 40 heavy (non-hydrogen) atoms. The molecule has 1 aliphatic rings. The summed E-state index contributed by atoms with van der Waals surface area (Å²) in [7, 11) is 2.71. The van der Waals surface area contributed by atoms with Gasteiger partial charge in [0.25, 0.3) is 0 Å². The van der Waals surface area contributed by atoms with E-state index in [0.717, 1.165) is 17.4 Å². The summed E-state index contributed by atoms with van der Waals surface area (Å²) < 4.78 is 0. The molecule has 0 bridgehead atoms. The van der Waals surface area contributed by atoms with Gasteiger partial charge in [0.2, 0.25) is 11.8 Å². The molecule has 1 rings (SSSR count). The molecular weight excluding hydrogens is 589 g/mol. The van der Waals surface area contributed by atoms with Crippen molar-refractivity contribution in [3.63, 3.8) is 0 Å². The number of rotatable bonds is 24. The van der Waals surface area contributed by atoms with E-state index >= 15 is 0 Å². The Hall–Kier alpha value is -0.980. The van der Waals surface area contributed by atoms with Crippen LogP contribution in [-0.2, 0) is 28.8 Å². The smallest absolute Gasteiger partial charge is 0.221 e. The van der Waals surface area contributed by atoms with Gasteiger partial charge in [-0.25, -0.2) is 0 Å². The first-order valence-corrected chi connectivity index (χ1v) is 18.7. The topological polar surface area (TPSA) is 126 Å². The lowest BCUT2D eigenvalue weighted by atomic mass is 9.99. The molecule has 0 spiro atoms. The molecule has 0 aliphatic heterocycles. The number of unbranched alkanes of at least 4 members (excludes halogenated alkanes) is 1. The number of carbonyl (C=O) groups excluding carboxylic acids is 6. The molecule has 0 heterocycles. The number of carbonyl (C=O) groups is 6. The molecule has 1 saturated carbocycles. The van der Waals surface area contributed by atoms with Crippen LogP contribution >= 0.6 is 45.1 Å². The van der Waals surface area contributed by atoms with Gasteiger partial charge in [-0.05, 0) is 58.0 Å². The first-order valence-electron chi connectivity index (χ1n) is 14.1. The highest BCUT2D eigenvalue weighted by Gasteiger charge is 2.31. The zero-order valence-corrected chi connectivity index (χ0v) is 27.6. The Balaban J connectivity index is 2.52. The van der Waals surface area contributed by atoms with Crippen molar-refractivity contribution in [2.45, 2.75) is 114 Å². The summed E-state index contributed by atoms with van der Waals surface area (Å²) in [4.78, 5) is 71.8. The third-order valence-corrected chi connectivity index (χ3v) is 12.0. The number of amides is 2. The second-order valence-electron chi connectivity index (χ2n) is 10.1. The largest absolute Gasteiger partial charge is 0.345 e. The van der Waals surface area contributed by atoms with Crippen molar-refractivity contribution in [3.8, 4) is 0 Å². The lowest BCUT2D eigenvalue weighted by Crippen LogP contribution is -2.43. The van der Waals surface area contributed by atoms with Crippen molar-refractivity contribution in [1.82, 2.24) is 10.6 Å². The molecule has 1 fully saturated rings. The molecule has 2 amide bonds. The minimum absolute atomic E-state index is 0.0343. The van der Waals surface area contributed by atoms with Crippen molar-refractivity contribution < 1.29 is 28.8 Å². The van der Waals surface area contributed by atoms with Gasteiger partial charge in [-0.1, -0.05) is 34.9 Å². The fraction of sp³-hybridized carbons (Fsp3) is 0.786. The Morgan fingerprint density at radius 1 is 0.675 bits per heavy atom. The molecule has 0 radical (unpaired) electrons. The third kappa shape index (κ3) is 17.1. The van der Waals surface area contributed by atoms with Crippen molar-refractivity contribution in [2.75, 3.05) is 23.0 Å². The highest BCUT2D eigenvalue weighted by Crippen LogP contribution is 2.40. The predicted molar refractivity (Wildman–Crippen MR) is 170 cm³/mol. The van der Waals surface area contributed by atoms with Crippen LogP contribution in [0.5, 0.6) is 0 Å². The van der Waals surface area contributed by atoms with Crippen molar-refractivity contribution in [3.05, 3.63) is 0 Å². The fourth-order valence-corrected chi connectivity index (χ4v) is 9.27. The molecule has 4 unspecified atom stereocenters. The van der Waals surface area contributed by atoms with E-state index in [4.69, 9.17) is 0 Å². The standard InChI is InChI=1S/C28H46N2O6S4/c1-5-6-15-37-25-11-12-26(25)38-16-7-8-24(34)23(30-28(36)14-10-20(3)32)18-40-39-17-22(21(4)33)29-27(35)13-9-19(2)31/h22-23,25-26H,5-18H2,1-4H3,(H,29,35)(H,30,36). The number of hydrogen-bond acceptors (Lipinski definition) is 10. The minimum Gasteiger partial charge on any atom is -0.345 e.